The zero-order valence-corrected chi connectivity index (χ0v) is 16.5. The van der Waals surface area contributed by atoms with Crippen LogP contribution in [0.4, 0.5) is 5.82 Å². The molecule has 3 rings (SSSR count). The third-order valence-electron chi connectivity index (χ3n) is 4.78. The van der Waals surface area contributed by atoms with Crippen molar-refractivity contribution in [1.82, 2.24) is 9.13 Å². The Morgan fingerprint density at radius 1 is 1.14 bits per heavy atom. The number of rotatable bonds is 6. The van der Waals surface area contributed by atoms with Crippen molar-refractivity contribution in [2.75, 3.05) is 18.1 Å². The number of nitrogen functional groups attached to an aromatic ring is 1. The second-order valence-electron chi connectivity index (χ2n) is 6.62. The van der Waals surface area contributed by atoms with E-state index < -0.39 is 29.6 Å². The third kappa shape index (κ3) is 3.89. The molecule has 9 heteroatoms. The van der Waals surface area contributed by atoms with E-state index >= 15 is 0 Å². The SMILES string of the molecule is Cn1c(N)c(C(=O)COC(=O)CSc2ccc3c(c2)CCC3)c(=O)n(C)c1=O. The average Bonchev–Trinajstić information content (AvgIpc) is 3.15. The van der Waals surface area contributed by atoms with Crippen LogP contribution in [-0.2, 0) is 36.5 Å². The molecule has 1 aliphatic carbocycles. The van der Waals surface area contributed by atoms with Crippen LogP contribution in [0.3, 0.4) is 0 Å². The van der Waals surface area contributed by atoms with Gasteiger partial charge in [0.15, 0.2) is 6.61 Å². The van der Waals surface area contributed by atoms with E-state index in [4.69, 9.17) is 10.5 Å². The number of aromatic nitrogens is 2. The van der Waals surface area contributed by atoms with Gasteiger partial charge in [-0.25, -0.2) is 4.79 Å². The first-order chi connectivity index (χ1) is 13.3. The Morgan fingerprint density at radius 3 is 2.61 bits per heavy atom. The second kappa shape index (κ2) is 8.05. The Labute approximate surface area is 165 Å². The molecule has 0 amide bonds. The van der Waals surface area contributed by atoms with Crippen LogP contribution < -0.4 is 17.0 Å². The van der Waals surface area contributed by atoms with Crippen molar-refractivity contribution in [2.45, 2.75) is 24.2 Å². The van der Waals surface area contributed by atoms with Crippen molar-refractivity contribution in [2.24, 2.45) is 14.1 Å². The Hall–Kier alpha value is -2.81. The maximum absolute atomic E-state index is 12.3. The molecular weight excluding hydrogens is 382 g/mol. The molecule has 8 nitrogen and oxygen atoms in total. The largest absolute Gasteiger partial charge is 0.457 e. The minimum Gasteiger partial charge on any atom is -0.457 e. The van der Waals surface area contributed by atoms with Crippen molar-refractivity contribution in [3.8, 4) is 0 Å². The number of carbonyl (C=O) groups excluding carboxylic acids is 2. The first kappa shape index (κ1) is 19.9. The van der Waals surface area contributed by atoms with Gasteiger partial charge >= 0.3 is 11.7 Å². The first-order valence-electron chi connectivity index (χ1n) is 8.78. The summed E-state index contributed by atoms with van der Waals surface area (Å²) in [6.45, 7) is -0.610. The zero-order chi connectivity index (χ0) is 20.4. The van der Waals surface area contributed by atoms with E-state index in [9.17, 15) is 19.2 Å². The zero-order valence-electron chi connectivity index (χ0n) is 15.7. The number of anilines is 1. The summed E-state index contributed by atoms with van der Waals surface area (Å²) in [5.41, 5.74) is 6.59. The van der Waals surface area contributed by atoms with E-state index in [0.717, 1.165) is 33.3 Å². The van der Waals surface area contributed by atoms with Crippen molar-refractivity contribution >= 4 is 29.3 Å². The number of esters is 1. The minimum atomic E-state index is -0.811. The molecule has 0 atom stereocenters. The van der Waals surface area contributed by atoms with Crippen LogP contribution in [0.5, 0.6) is 0 Å². The number of nitrogens with zero attached hydrogens (tertiary/aromatic N) is 2. The van der Waals surface area contributed by atoms with Crippen LogP contribution in [0.1, 0.15) is 27.9 Å². The summed E-state index contributed by atoms with van der Waals surface area (Å²) in [5, 5.41) is 0. The van der Waals surface area contributed by atoms with Crippen molar-refractivity contribution < 1.29 is 14.3 Å². The summed E-state index contributed by atoms with van der Waals surface area (Å²) in [7, 11) is 2.60. The highest BCUT2D eigenvalue weighted by atomic mass is 32.2. The van der Waals surface area contributed by atoms with Gasteiger partial charge < -0.3 is 10.5 Å². The average molecular weight is 403 g/mol. The van der Waals surface area contributed by atoms with E-state index in [1.165, 1.54) is 37.0 Å². The molecule has 0 unspecified atom stereocenters. The highest BCUT2D eigenvalue weighted by molar-refractivity contribution is 8.00. The molecule has 0 aliphatic heterocycles. The molecule has 0 fully saturated rings. The Kier molecular flexibility index (Phi) is 5.73. The van der Waals surface area contributed by atoms with Crippen LogP contribution >= 0.6 is 11.8 Å². The van der Waals surface area contributed by atoms with E-state index in [-0.39, 0.29) is 17.1 Å². The number of ketones is 1. The number of carbonyl (C=O) groups is 2. The summed E-state index contributed by atoms with van der Waals surface area (Å²) in [6, 6.07) is 6.14. The van der Waals surface area contributed by atoms with Crippen molar-refractivity contribution in [3.63, 3.8) is 0 Å². The van der Waals surface area contributed by atoms with Crippen LogP contribution in [0.15, 0.2) is 32.7 Å². The standard InChI is InChI=1S/C19H21N3O5S/c1-21-17(20)16(18(25)22(2)19(21)26)14(23)9-27-15(24)10-28-13-7-6-11-4-3-5-12(11)8-13/h6-8H,3-5,9-10,20H2,1-2H3. The maximum Gasteiger partial charge on any atom is 0.332 e. The Bertz CT molecular complexity index is 1070. The molecule has 148 valence electrons. The maximum atomic E-state index is 12.3. The molecule has 0 spiro atoms. The fourth-order valence-corrected chi connectivity index (χ4v) is 3.92. The second-order valence-corrected chi connectivity index (χ2v) is 7.67. The number of hydrogen-bond acceptors (Lipinski definition) is 7. The van der Waals surface area contributed by atoms with Gasteiger partial charge in [0.2, 0.25) is 5.78 Å². The highest BCUT2D eigenvalue weighted by Gasteiger charge is 2.21. The van der Waals surface area contributed by atoms with Gasteiger partial charge in [-0.3, -0.25) is 23.5 Å². The molecule has 0 saturated carbocycles. The number of nitrogens with two attached hydrogens (primary N) is 1. The summed E-state index contributed by atoms with van der Waals surface area (Å²) in [5.74, 6) is -1.52. The van der Waals surface area contributed by atoms with Gasteiger partial charge in [0.05, 0.1) is 5.75 Å². The van der Waals surface area contributed by atoms with Crippen molar-refractivity contribution in [3.05, 3.63) is 55.7 Å². The van der Waals surface area contributed by atoms with E-state index in [1.54, 1.807) is 0 Å². The number of fused-ring (bicyclic) bond motifs is 1. The number of aryl methyl sites for hydroxylation is 2. The summed E-state index contributed by atoms with van der Waals surface area (Å²) in [4.78, 5) is 49.2. The van der Waals surface area contributed by atoms with Crippen molar-refractivity contribution in [1.29, 1.82) is 0 Å². The third-order valence-corrected chi connectivity index (χ3v) is 5.75. The highest BCUT2D eigenvalue weighted by Crippen LogP contribution is 2.27. The lowest BCUT2D eigenvalue weighted by atomic mass is 10.1. The number of ether oxygens (including phenoxy) is 1. The fourth-order valence-electron chi connectivity index (χ4n) is 3.16. The van der Waals surface area contributed by atoms with Gasteiger partial charge in [-0.2, -0.15) is 0 Å². The fraction of sp³-hybridized carbons (Fsp3) is 0.368. The molecule has 0 radical (unpaired) electrons. The van der Waals surface area contributed by atoms with Crippen LogP contribution in [0.25, 0.3) is 0 Å². The van der Waals surface area contributed by atoms with Gasteiger partial charge in [0, 0.05) is 19.0 Å². The number of thioether (sulfide) groups is 1. The lowest BCUT2D eigenvalue weighted by molar-refractivity contribution is -0.139. The molecule has 2 N–H and O–H groups in total. The molecule has 0 bridgehead atoms. The van der Waals surface area contributed by atoms with E-state index in [1.807, 2.05) is 6.07 Å². The van der Waals surface area contributed by atoms with Gasteiger partial charge in [-0.15, -0.1) is 11.8 Å². The quantitative estimate of drug-likeness (QED) is 0.428. The van der Waals surface area contributed by atoms with Crippen LogP contribution in [-0.4, -0.2) is 33.2 Å². The summed E-state index contributed by atoms with van der Waals surface area (Å²) < 4.78 is 6.78. The van der Waals surface area contributed by atoms with Gasteiger partial charge in [0.25, 0.3) is 5.56 Å². The minimum absolute atomic E-state index is 0.0484. The number of Topliss-reactive ketones (excluding diaryl/α,β-unsaturated/α-hetero) is 1. The summed E-state index contributed by atoms with van der Waals surface area (Å²) >= 11 is 1.33. The summed E-state index contributed by atoms with van der Waals surface area (Å²) in [6.07, 6.45) is 3.30. The molecular formula is C19H21N3O5S. The van der Waals surface area contributed by atoms with E-state index in [2.05, 4.69) is 12.1 Å². The molecule has 1 aromatic heterocycles. The predicted molar refractivity (Wildman–Crippen MR) is 106 cm³/mol. The lowest BCUT2D eigenvalue weighted by Crippen LogP contribution is -2.42. The molecule has 1 aliphatic rings. The molecule has 28 heavy (non-hydrogen) atoms. The Balaban J connectivity index is 1.60. The van der Waals surface area contributed by atoms with Crippen LogP contribution in [0.2, 0.25) is 0 Å². The number of hydrogen-bond donors (Lipinski definition) is 1. The normalized spacial score (nSPS) is 12.6. The number of benzene rings is 1. The predicted octanol–water partition coefficient (Wildman–Crippen LogP) is 0.673. The molecule has 1 heterocycles. The smallest absolute Gasteiger partial charge is 0.332 e. The van der Waals surface area contributed by atoms with Gasteiger partial charge in [0.1, 0.15) is 11.4 Å². The topological polar surface area (TPSA) is 113 Å². The molecule has 0 saturated heterocycles. The Morgan fingerprint density at radius 2 is 1.86 bits per heavy atom. The molecule has 2 aromatic rings. The van der Waals surface area contributed by atoms with Gasteiger partial charge in [-0.1, -0.05) is 6.07 Å². The molecule has 1 aromatic carbocycles. The van der Waals surface area contributed by atoms with E-state index in [0.29, 0.717) is 0 Å². The first-order valence-corrected chi connectivity index (χ1v) is 9.77. The van der Waals surface area contributed by atoms with Crippen LogP contribution in [0, 0.1) is 0 Å². The lowest BCUT2D eigenvalue weighted by Gasteiger charge is -2.11. The monoisotopic (exact) mass is 403 g/mol. The van der Waals surface area contributed by atoms with Gasteiger partial charge in [-0.05, 0) is 42.5 Å².